The highest BCUT2D eigenvalue weighted by atomic mass is 16.5. The van der Waals surface area contributed by atoms with E-state index in [9.17, 15) is 9.59 Å². The smallest absolute Gasteiger partial charge is 0.260 e. The summed E-state index contributed by atoms with van der Waals surface area (Å²) in [4.78, 5) is 40.8. The summed E-state index contributed by atoms with van der Waals surface area (Å²) in [5, 5.41) is 3.11. The van der Waals surface area contributed by atoms with Gasteiger partial charge in [0.2, 0.25) is 0 Å². The number of hydrogen-bond acceptors (Lipinski definition) is 12. The second-order valence-electron chi connectivity index (χ2n) is 16.8. The van der Waals surface area contributed by atoms with Gasteiger partial charge in [0.15, 0.2) is 23.0 Å². The Hall–Kier alpha value is -7.08. The molecule has 4 aromatic carbocycles. The van der Waals surface area contributed by atoms with E-state index >= 15 is 0 Å². The van der Waals surface area contributed by atoms with E-state index in [1.54, 1.807) is 55.4 Å². The summed E-state index contributed by atoms with van der Waals surface area (Å²) in [7, 11) is 4.72. The molecular weight excluding hydrogens is 839 g/mol. The lowest BCUT2D eigenvalue weighted by atomic mass is 10.0. The molecule has 0 radical (unpaired) electrons. The number of ether oxygens (including phenoxy) is 7. The quantitative estimate of drug-likeness (QED) is 0.0681. The molecule has 2 unspecified atom stereocenters. The Kier molecular flexibility index (Phi) is 14.1. The lowest BCUT2D eigenvalue weighted by Crippen LogP contribution is -2.32. The lowest BCUT2D eigenvalue weighted by Gasteiger charge is -2.26. The van der Waals surface area contributed by atoms with E-state index < -0.39 is 5.60 Å². The van der Waals surface area contributed by atoms with E-state index in [1.165, 1.54) is 0 Å². The Balaban J connectivity index is 0.849. The van der Waals surface area contributed by atoms with Crippen molar-refractivity contribution in [2.24, 2.45) is 9.98 Å². The molecule has 0 bridgehead atoms. The Morgan fingerprint density at radius 3 is 1.68 bits per heavy atom. The Labute approximate surface area is 385 Å². The molecule has 66 heavy (non-hydrogen) atoms. The molecule has 0 saturated carbocycles. The van der Waals surface area contributed by atoms with Crippen LogP contribution in [-0.4, -0.2) is 113 Å². The third kappa shape index (κ3) is 10.2. The van der Waals surface area contributed by atoms with Crippen molar-refractivity contribution in [3.05, 3.63) is 107 Å². The minimum Gasteiger partial charge on any atom is -0.497 e. The SMILES string of the molecule is C#CCNCCOCCC(C)(C)Oc1ccc(C2=CN3C(=O)c4cc(OC)c(OCCCOc5cc6c(cc5OC)C(=O)N5C=C(c7ccc(OC)cc7)CC5C=N6)cc4N=CC3C2)cc1. The van der Waals surface area contributed by atoms with Crippen LogP contribution in [0.3, 0.4) is 0 Å². The van der Waals surface area contributed by atoms with Gasteiger partial charge >= 0.3 is 0 Å². The van der Waals surface area contributed by atoms with Crippen molar-refractivity contribution in [3.8, 4) is 46.8 Å². The highest BCUT2D eigenvalue weighted by Crippen LogP contribution is 2.42. The largest absolute Gasteiger partial charge is 0.497 e. The predicted molar refractivity (Wildman–Crippen MR) is 254 cm³/mol. The fraction of sp³-hybridized carbons (Fsp3) is 0.346. The summed E-state index contributed by atoms with van der Waals surface area (Å²) in [6, 6.07) is 22.2. The van der Waals surface area contributed by atoms with Gasteiger partial charge < -0.3 is 48.3 Å². The van der Waals surface area contributed by atoms with E-state index in [-0.39, 0.29) is 23.9 Å². The van der Waals surface area contributed by atoms with Crippen LogP contribution in [-0.2, 0) is 4.74 Å². The standard InChI is InChI=1S/C52H55N5O9/c1-7-18-53-19-23-63-22-17-52(2,3)66-41-15-11-35(12-16-41)37-25-39-31-55-45-29-49(47(62-6)27-43(45)51(59)57(39)33-37)65-21-8-20-64-48-28-44-42(26-46(48)61-5)50(58)56-32-36(24-38(56)30-54-44)34-9-13-40(60-4)14-10-34/h1,9-16,26-33,38-39,53H,8,17-25H2,2-6H3. The molecule has 2 atom stereocenters. The molecule has 0 saturated heterocycles. The minimum absolute atomic E-state index is 0.162. The van der Waals surface area contributed by atoms with Crippen LogP contribution < -0.4 is 33.7 Å². The molecule has 4 heterocycles. The summed E-state index contributed by atoms with van der Waals surface area (Å²) in [5.41, 5.74) is 5.54. The molecule has 1 N–H and O–H groups in total. The van der Waals surface area contributed by atoms with Crippen molar-refractivity contribution in [2.45, 2.75) is 57.2 Å². The molecular formula is C52H55N5O9. The maximum atomic E-state index is 14.0. The molecule has 14 heteroatoms. The number of amides is 2. The number of methoxy groups -OCH3 is 3. The van der Waals surface area contributed by atoms with Gasteiger partial charge in [-0.25, -0.2) is 0 Å². The number of terminal acetylenes is 1. The maximum absolute atomic E-state index is 14.0. The van der Waals surface area contributed by atoms with Crippen molar-refractivity contribution in [2.75, 3.05) is 60.8 Å². The Morgan fingerprint density at radius 1 is 0.682 bits per heavy atom. The molecule has 8 rings (SSSR count). The average molecular weight is 894 g/mol. The Morgan fingerprint density at radius 2 is 1.20 bits per heavy atom. The highest BCUT2D eigenvalue weighted by molar-refractivity contribution is 6.06. The molecule has 4 aromatic rings. The lowest BCUT2D eigenvalue weighted by molar-refractivity contribution is 0.0476. The van der Waals surface area contributed by atoms with Gasteiger partial charge in [-0.3, -0.25) is 19.6 Å². The zero-order valence-electron chi connectivity index (χ0n) is 38.0. The maximum Gasteiger partial charge on any atom is 0.260 e. The fourth-order valence-corrected chi connectivity index (χ4v) is 8.20. The van der Waals surface area contributed by atoms with Gasteiger partial charge in [0.25, 0.3) is 11.8 Å². The van der Waals surface area contributed by atoms with Crippen LogP contribution in [0, 0.1) is 12.3 Å². The number of aliphatic imine (C=N–C) groups is 2. The second kappa shape index (κ2) is 20.4. The van der Waals surface area contributed by atoms with Crippen LogP contribution in [0.1, 0.15) is 71.4 Å². The number of rotatable bonds is 20. The fourth-order valence-electron chi connectivity index (χ4n) is 8.20. The third-order valence-electron chi connectivity index (χ3n) is 11.8. The van der Waals surface area contributed by atoms with Gasteiger partial charge in [0.05, 0.1) is 88.9 Å². The van der Waals surface area contributed by atoms with Crippen LogP contribution in [0.4, 0.5) is 11.4 Å². The van der Waals surface area contributed by atoms with Crippen LogP contribution in [0.2, 0.25) is 0 Å². The van der Waals surface area contributed by atoms with Crippen molar-refractivity contribution < 1.29 is 42.7 Å². The van der Waals surface area contributed by atoms with Gasteiger partial charge in [-0.1, -0.05) is 30.2 Å². The van der Waals surface area contributed by atoms with Crippen LogP contribution in [0.25, 0.3) is 11.1 Å². The van der Waals surface area contributed by atoms with E-state index in [0.717, 1.165) is 40.2 Å². The number of carbonyl (C=O) groups excluding carboxylic acids is 2. The first kappa shape index (κ1) is 45.5. The van der Waals surface area contributed by atoms with Crippen LogP contribution in [0.5, 0.6) is 34.5 Å². The van der Waals surface area contributed by atoms with E-state index in [0.29, 0.717) is 104 Å². The molecule has 4 aliphatic heterocycles. The van der Waals surface area contributed by atoms with E-state index in [1.807, 2.05) is 87.2 Å². The summed E-state index contributed by atoms with van der Waals surface area (Å²) in [6.45, 7) is 7.07. The van der Waals surface area contributed by atoms with Crippen molar-refractivity contribution in [1.82, 2.24) is 15.1 Å². The summed E-state index contributed by atoms with van der Waals surface area (Å²) < 4.78 is 41.0. The summed E-state index contributed by atoms with van der Waals surface area (Å²) >= 11 is 0. The van der Waals surface area contributed by atoms with Gasteiger partial charge in [0.1, 0.15) is 17.1 Å². The molecule has 342 valence electrons. The Bertz CT molecular complexity index is 2590. The molecule has 14 nitrogen and oxygen atoms in total. The topological polar surface area (TPSA) is 142 Å². The van der Waals surface area contributed by atoms with Crippen molar-refractivity contribution >= 4 is 46.8 Å². The minimum atomic E-state index is -0.420. The summed E-state index contributed by atoms with van der Waals surface area (Å²) in [6.07, 6.45) is 15.2. The normalized spacial score (nSPS) is 17.1. The molecule has 0 fully saturated rings. The number of nitrogens with one attached hydrogen (secondary N) is 1. The zero-order valence-corrected chi connectivity index (χ0v) is 38.0. The molecule has 4 aliphatic rings. The van der Waals surface area contributed by atoms with Gasteiger partial charge in [-0.2, -0.15) is 0 Å². The molecule has 0 aliphatic carbocycles. The number of nitrogens with zero attached hydrogens (tertiary/aromatic N) is 4. The third-order valence-corrected chi connectivity index (χ3v) is 11.8. The summed E-state index contributed by atoms with van der Waals surface area (Å²) in [5.74, 6) is 5.52. The molecule has 2 amide bonds. The van der Waals surface area contributed by atoms with Gasteiger partial charge in [0, 0.05) is 69.2 Å². The van der Waals surface area contributed by atoms with Crippen LogP contribution in [0.15, 0.2) is 95.2 Å². The van der Waals surface area contributed by atoms with Crippen molar-refractivity contribution in [1.29, 1.82) is 0 Å². The molecule has 0 spiro atoms. The van der Waals surface area contributed by atoms with Gasteiger partial charge in [-0.05, 0) is 72.5 Å². The first-order chi connectivity index (χ1) is 32.1. The average Bonchev–Trinajstić information content (AvgIpc) is 3.91. The second-order valence-corrected chi connectivity index (χ2v) is 16.8. The van der Waals surface area contributed by atoms with E-state index in [4.69, 9.17) is 49.6 Å². The predicted octanol–water partition coefficient (Wildman–Crippen LogP) is 8.29. The first-order valence-corrected chi connectivity index (χ1v) is 22.1. The van der Waals surface area contributed by atoms with Crippen molar-refractivity contribution in [3.63, 3.8) is 0 Å². The number of benzene rings is 4. The van der Waals surface area contributed by atoms with Gasteiger partial charge in [-0.15, -0.1) is 6.42 Å². The number of carbonyl (C=O) groups is 2. The monoisotopic (exact) mass is 893 g/mol. The van der Waals surface area contributed by atoms with Crippen LogP contribution >= 0.6 is 0 Å². The highest BCUT2D eigenvalue weighted by Gasteiger charge is 2.35. The number of fused-ring (bicyclic) bond motifs is 4. The number of hydrogen-bond donors (Lipinski definition) is 1. The van der Waals surface area contributed by atoms with E-state index in [2.05, 4.69) is 11.2 Å². The zero-order chi connectivity index (χ0) is 46.2. The molecule has 0 aromatic heterocycles. The first-order valence-electron chi connectivity index (χ1n) is 22.1.